The van der Waals surface area contributed by atoms with Gasteiger partial charge in [-0.25, -0.2) is 9.97 Å². The minimum Gasteiger partial charge on any atom is -0.382 e. The van der Waals surface area contributed by atoms with Gasteiger partial charge >= 0.3 is 0 Å². The van der Waals surface area contributed by atoms with Gasteiger partial charge in [-0.1, -0.05) is 55.8 Å². The van der Waals surface area contributed by atoms with Crippen LogP contribution in [0, 0.1) is 5.92 Å². The molecule has 1 saturated carbocycles. The first-order chi connectivity index (χ1) is 16.1. The van der Waals surface area contributed by atoms with Gasteiger partial charge < -0.3 is 15.6 Å². The predicted octanol–water partition coefficient (Wildman–Crippen LogP) is 4.97. The number of hydrogen-bond acceptors (Lipinski definition) is 4. The summed E-state index contributed by atoms with van der Waals surface area (Å²) in [7, 11) is 0. The van der Waals surface area contributed by atoms with Crippen LogP contribution in [0.3, 0.4) is 0 Å². The number of imidazole rings is 1. The summed E-state index contributed by atoms with van der Waals surface area (Å²) in [5.41, 5.74) is 11.4. The highest BCUT2D eigenvalue weighted by atomic mass is 16.1. The molecule has 1 aliphatic carbocycles. The van der Waals surface area contributed by atoms with Gasteiger partial charge in [-0.05, 0) is 42.4 Å². The van der Waals surface area contributed by atoms with Gasteiger partial charge in [-0.15, -0.1) is 0 Å². The van der Waals surface area contributed by atoms with Crippen molar-refractivity contribution in [3.8, 4) is 0 Å². The summed E-state index contributed by atoms with van der Waals surface area (Å²) in [5, 5.41) is 4.12. The average molecular weight is 442 g/mol. The van der Waals surface area contributed by atoms with Gasteiger partial charge in [0.25, 0.3) is 0 Å². The van der Waals surface area contributed by atoms with E-state index in [1.807, 2.05) is 18.2 Å². The van der Waals surface area contributed by atoms with Crippen LogP contribution >= 0.6 is 0 Å². The molecule has 0 bridgehead atoms. The number of nitrogens with two attached hydrogens (primary N) is 1. The Balaban J connectivity index is 1.42. The van der Waals surface area contributed by atoms with Gasteiger partial charge in [0.2, 0.25) is 5.91 Å². The molecule has 0 aliphatic heterocycles. The van der Waals surface area contributed by atoms with Crippen molar-refractivity contribution >= 4 is 33.7 Å². The van der Waals surface area contributed by atoms with E-state index in [4.69, 9.17) is 10.7 Å². The third-order valence-electron chi connectivity index (χ3n) is 6.47. The Morgan fingerprint density at radius 3 is 2.61 bits per heavy atom. The third-order valence-corrected chi connectivity index (χ3v) is 6.47. The van der Waals surface area contributed by atoms with Crippen molar-refractivity contribution in [2.24, 2.45) is 5.92 Å². The van der Waals surface area contributed by atoms with Crippen LogP contribution in [0.4, 0.5) is 5.82 Å². The minimum atomic E-state index is 0.158. The Morgan fingerprint density at radius 2 is 1.85 bits per heavy atom. The number of anilines is 1. The standard InChI is InChI=1S/C27H31N5O/c1-2-3-8-23-31-25-26(21-6-4-5-7-22(21)30-27(25)28)32(23)17-20-13-11-19(12-14-20)16-29-24(33)15-18-9-10-18/h4-7,11-14,18H,2-3,8-10,15-17H2,1H3,(H2,28,30)(H,29,33). The number of rotatable bonds is 9. The van der Waals surface area contributed by atoms with Crippen molar-refractivity contribution in [3.05, 3.63) is 65.5 Å². The third kappa shape index (κ3) is 4.70. The summed E-state index contributed by atoms with van der Waals surface area (Å²) < 4.78 is 2.30. The minimum absolute atomic E-state index is 0.158. The Hall–Kier alpha value is -3.41. The van der Waals surface area contributed by atoms with E-state index in [1.165, 1.54) is 18.4 Å². The number of unbranched alkanes of at least 4 members (excludes halogenated alkanes) is 1. The maximum atomic E-state index is 12.0. The zero-order valence-electron chi connectivity index (χ0n) is 19.2. The van der Waals surface area contributed by atoms with E-state index in [9.17, 15) is 4.79 Å². The predicted molar refractivity (Wildman–Crippen MR) is 133 cm³/mol. The normalized spacial score (nSPS) is 13.6. The Morgan fingerprint density at radius 1 is 1.09 bits per heavy atom. The molecule has 2 aromatic carbocycles. The lowest BCUT2D eigenvalue weighted by molar-refractivity contribution is -0.121. The molecule has 0 radical (unpaired) electrons. The Labute approximate surface area is 194 Å². The van der Waals surface area contributed by atoms with E-state index < -0.39 is 0 Å². The fourth-order valence-corrected chi connectivity index (χ4v) is 4.40. The Bertz CT molecular complexity index is 1290. The molecule has 33 heavy (non-hydrogen) atoms. The highest BCUT2D eigenvalue weighted by molar-refractivity contribution is 6.06. The highest BCUT2D eigenvalue weighted by Crippen LogP contribution is 2.32. The molecule has 0 atom stereocenters. The largest absolute Gasteiger partial charge is 0.382 e. The monoisotopic (exact) mass is 441 g/mol. The number of carbonyl (C=O) groups excluding carboxylic acids is 1. The first kappa shape index (κ1) is 21.4. The second-order valence-corrected chi connectivity index (χ2v) is 9.17. The molecule has 6 nitrogen and oxygen atoms in total. The van der Waals surface area contributed by atoms with Crippen LogP contribution in [0.1, 0.15) is 56.0 Å². The van der Waals surface area contributed by atoms with E-state index in [2.05, 4.69) is 52.1 Å². The molecule has 2 heterocycles. The van der Waals surface area contributed by atoms with E-state index >= 15 is 0 Å². The number of hydrogen-bond donors (Lipinski definition) is 2. The molecule has 0 spiro atoms. The van der Waals surface area contributed by atoms with Crippen molar-refractivity contribution < 1.29 is 4.79 Å². The van der Waals surface area contributed by atoms with Crippen LogP contribution < -0.4 is 11.1 Å². The number of carbonyl (C=O) groups is 1. The first-order valence-corrected chi connectivity index (χ1v) is 12.0. The molecule has 5 rings (SSSR count). The van der Waals surface area contributed by atoms with Gasteiger partial charge in [-0.3, -0.25) is 4.79 Å². The summed E-state index contributed by atoms with van der Waals surface area (Å²) in [6.45, 7) is 3.49. The molecule has 2 aromatic heterocycles. The molecule has 1 aliphatic rings. The van der Waals surface area contributed by atoms with Gasteiger partial charge in [0.15, 0.2) is 5.82 Å². The smallest absolute Gasteiger partial charge is 0.220 e. The number of nitrogen functional groups attached to an aromatic ring is 1. The van der Waals surface area contributed by atoms with Crippen LogP contribution in [0.2, 0.25) is 0 Å². The van der Waals surface area contributed by atoms with Gasteiger partial charge in [0.05, 0.1) is 11.0 Å². The fraction of sp³-hybridized carbons (Fsp3) is 0.370. The topological polar surface area (TPSA) is 85.8 Å². The molecule has 170 valence electrons. The lowest BCUT2D eigenvalue weighted by Gasteiger charge is -2.12. The van der Waals surface area contributed by atoms with Crippen molar-refractivity contribution in [1.82, 2.24) is 19.9 Å². The summed E-state index contributed by atoms with van der Waals surface area (Å²) in [4.78, 5) is 21.5. The SMILES string of the molecule is CCCCc1nc2c(N)nc3ccccc3c2n1Cc1ccc(CNC(=O)CC2CC2)cc1. The summed E-state index contributed by atoms with van der Waals surface area (Å²) in [6, 6.07) is 16.6. The number of aromatic nitrogens is 3. The van der Waals surface area contributed by atoms with Crippen molar-refractivity contribution in [3.63, 3.8) is 0 Å². The number of fused-ring (bicyclic) bond motifs is 3. The number of nitrogens with zero attached hydrogens (tertiary/aromatic N) is 3. The summed E-state index contributed by atoms with van der Waals surface area (Å²) in [6.07, 6.45) is 6.15. The van der Waals surface area contributed by atoms with Crippen LogP contribution in [0.15, 0.2) is 48.5 Å². The summed E-state index contributed by atoms with van der Waals surface area (Å²) in [5.74, 6) is 2.30. The number of aryl methyl sites for hydroxylation is 1. The van der Waals surface area contributed by atoms with E-state index in [0.717, 1.165) is 59.1 Å². The Kier molecular flexibility index (Phi) is 5.99. The van der Waals surface area contributed by atoms with Gasteiger partial charge in [-0.2, -0.15) is 0 Å². The van der Waals surface area contributed by atoms with Gasteiger partial charge in [0.1, 0.15) is 11.3 Å². The number of nitrogens with one attached hydrogen (secondary N) is 1. The average Bonchev–Trinajstić information content (AvgIpc) is 3.56. The first-order valence-electron chi connectivity index (χ1n) is 12.0. The zero-order chi connectivity index (χ0) is 22.8. The fourth-order valence-electron chi connectivity index (χ4n) is 4.40. The van der Waals surface area contributed by atoms with E-state index in [1.54, 1.807) is 0 Å². The maximum absolute atomic E-state index is 12.0. The summed E-state index contributed by atoms with van der Waals surface area (Å²) >= 11 is 0. The lowest BCUT2D eigenvalue weighted by Crippen LogP contribution is -2.22. The van der Waals surface area contributed by atoms with Crippen LogP contribution in [-0.4, -0.2) is 20.4 Å². The number of para-hydroxylation sites is 1. The van der Waals surface area contributed by atoms with E-state index in [0.29, 0.717) is 24.7 Å². The quantitative estimate of drug-likeness (QED) is 0.384. The second kappa shape index (κ2) is 9.22. The molecule has 0 saturated heterocycles. The molecule has 4 aromatic rings. The molecule has 1 fully saturated rings. The second-order valence-electron chi connectivity index (χ2n) is 9.17. The molecular weight excluding hydrogens is 410 g/mol. The highest BCUT2D eigenvalue weighted by Gasteiger charge is 2.24. The number of amides is 1. The van der Waals surface area contributed by atoms with Crippen LogP contribution in [-0.2, 0) is 24.3 Å². The molecular formula is C27H31N5O. The number of benzene rings is 2. The molecule has 1 amide bonds. The molecule has 6 heteroatoms. The number of pyridine rings is 1. The maximum Gasteiger partial charge on any atom is 0.220 e. The van der Waals surface area contributed by atoms with Crippen molar-refractivity contribution in [2.45, 2.75) is 58.5 Å². The zero-order valence-corrected chi connectivity index (χ0v) is 19.2. The molecule has 0 unspecified atom stereocenters. The lowest BCUT2D eigenvalue weighted by atomic mass is 10.1. The van der Waals surface area contributed by atoms with Gasteiger partial charge in [0, 0.05) is 31.3 Å². The van der Waals surface area contributed by atoms with Crippen LogP contribution in [0.5, 0.6) is 0 Å². The van der Waals surface area contributed by atoms with Crippen LogP contribution in [0.25, 0.3) is 21.9 Å². The van der Waals surface area contributed by atoms with Crippen molar-refractivity contribution in [1.29, 1.82) is 0 Å². The van der Waals surface area contributed by atoms with Crippen molar-refractivity contribution in [2.75, 3.05) is 5.73 Å². The molecule has 3 N–H and O–H groups in total. The van der Waals surface area contributed by atoms with E-state index in [-0.39, 0.29) is 5.91 Å².